The molecule has 0 bridgehead atoms. The van der Waals surface area contributed by atoms with E-state index in [1.807, 2.05) is 6.92 Å². The van der Waals surface area contributed by atoms with Crippen LogP contribution in [-0.4, -0.2) is 52.3 Å². The second-order valence-corrected chi connectivity index (χ2v) is 10.2. The van der Waals surface area contributed by atoms with Gasteiger partial charge in [-0.1, -0.05) is 13.8 Å². The molecular formula is C26H35NO7. The van der Waals surface area contributed by atoms with Crippen LogP contribution in [0.3, 0.4) is 0 Å². The molecular weight excluding hydrogens is 438 g/mol. The number of aliphatic hydroxyl groups excluding tert-OH is 3. The summed E-state index contributed by atoms with van der Waals surface area (Å²) in [5.41, 5.74) is -1.20. The minimum Gasteiger partial charge on any atom is -0.484 e. The zero-order valence-electron chi connectivity index (χ0n) is 20.4. The van der Waals surface area contributed by atoms with Crippen molar-refractivity contribution in [2.24, 2.45) is 23.2 Å². The highest BCUT2D eigenvalue weighted by molar-refractivity contribution is 5.59. The molecule has 8 atom stereocenters. The molecule has 2 saturated carbocycles. The second-order valence-electron chi connectivity index (χ2n) is 10.2. The van der Waals surface area contributed by atoms with Crippen LogP contribution in [0, 0.1) is 23.2 Å². The van der Waals surface area contributed by atoms with Crippen LogP contribution < -0.4 is 10.4 Å². The number of hydrogen-bond acceptors (Lipinski definition) is 8. The number of fused-ring (bicyclic) bond motifs is 4. The summed E-state index contributed by atoms with van der Waals surface area (Å²) in [5.74, 6) is 0.487. The summed E-state index contributed by atoms with van der Waals surface area (Å²) >= 11 is 0. The highest BCUT2D eigenvalue weighted by atomic mass is 16.5. The van der Waals surface area contributed by atoms with Crippen molar-refractivity contribution >= 4 is 0 Å². The van der Waals surface area contributed by atoms with Crippen molar-refractivity contribution in [3.63, 3.8) is 0 Å². The van der Waals surface area contributed by atoms with E-state index in [1.165, 1.54) is 0 Å². The standard InChI is InChI=1S/C25H31NO6.CH4O/c1-13-15-10-19(27)25(3)22(24(15,2)8-7-16(13)30-4)21(28)20-18(32-25)11-17(31-23(20)29)14-6-5-9-26-12-14;1-2/h5-6,9,11-13,15-16,19,21-22,27-28H,7-8,10H2,1-4H3;2H,1H3. The maximum absolute atomic E-state index is 13.0. The fourth-order valence-electron chi connectivity index (χ4n) is 6.99. The molecule has 0 aromatic carbocycles. The molecule has 0 saturated heterocycles. The number of ether oxygens (including phenoxy) is 2. The van der Waals surface area contributed by atoms with Crippen LogP contribution in [0.5, 0.6) is 5.75 Å². The van der Waals surface area contributed by atoms with E-state index < -0.39 is 29.4 Å². The molecule has 3 N–H and O–H groups in total. The van der Waals surface area contributed by atoms with Gasteiger partial charge in [-0.05, 0) is 55.6 Å². The largest absolute Gasteiger partial charge is 0.484 e. The maximum atomic E-state index is 13.0. The molecule has 1 aliphatic heterocycles. The number of aliphatic hydroxyl groups is 3. The Morgan fingerprint density at radius 3 is 2.62 bits per heavy atom. The third-order valence-corrected chi connectivity index (χ3v) is 8.64. The lowest BCUT2D eigenvalue weighted by molar-refractivity contribution is -0.243. The van der Waals surface area contributed by atoms with Crippen molar-refractivity contribution < 1.29 is 29.2 Å². The molecule has 3 aliphatic rings. The summed E-state index contributed by atoms with van der Waals surface area (Å²) in [4.78, 5) is 17.1. The highest BCUT2D eigenvalue weighted by Crippen LogP contribution is 2.64. The van der Waals surface area contributed by atoms with Crippen LogP contribution in [0.25, 0.3) is 11.3 Å². The second kappa shape index (κ2) is 9.07. The van der Waals surface area contributed by atoms with Crippen LogP contribution in [0.2, 0.25) is 0 Å². The Labute approximate surface area is 199 Å². The van der Waals surface area contributed by atoms with Gasteiger partial charge in [-0.3, -0.25) is 4.98 Å². The number of hydrogen-bond donors (Lipinski definition) is 3. The zero-order valence-corrected chi connectivity index (χ0v) is 20.4. The molecule has 8 unspecified atom stereocenters. The predicted octanol–water partition coefficient (Wildman–Crippen LogP) is 2.94. The molecule has 0 radical (unpaired) electrons. The Hall–Kier alpha value is -2.26. The summed E-state index contributed by atoms with van der Waals surface area (Å²) in [5, 5.41) is 29.9. The quantitative estimate of drug-likeness (QED) is 0.609. The van der Waals surface area contributed by atoms with E-state index in [4.69, 9.17) is 19.0 Å². The lowest BCUT2D eigenvalue weighted by Crippen LogP contribution is -2.68. The first-order chi connectivity index (χ1) is 16.2. The summed E-state index contributed by atoms with van der Waals surface area (Å²) in [6, 6.07) is 5.17. The maximum Gasteiger partial charge on any atom is 0.345 e. The van der Waals surface area contributed by atoms with Gasteiger partial charge in [-0.25, -0.2) is 4.79 Å². The van der Waals surface area contributed by atoms with Crippen molar-refractivity contribution in [2.45, 2.75) is 63.9 Å². The van der Waals surface area contributed by atoms with E-state index in [0.717, 1.165) is 20.0 Å². The molecule has 2 aliphatic carbocycles. The molecule has 0 amide bonds. The average Bonchev–Trinajstić information content (AvgIpc) is 2.82. The number of rotatable bonds is 2. The fourth-order valence-corrected chi connectivity index (χ4v) is 6.99. The molecule has 0 spiro atoms. The van der Waals surface area contributed by atoms with Gasteiger partial charge in [0.05, 0.1) is 18.3 Å². The molecule has 34 heavy (non-hydrogen) atoms. The molecule has 5 rings (SSSR count). The first-order valence-corrected chi connectivity index (χ1v) is 11.8. The normalized spacial score (nSPS) is 38.4. The molecule has 186 valence electrons. The van der Waals surface area contributed by atoms with Crippen molar-refractivity contribution in [3.05, 3.63) is 46.6 Å². The van der Waals surface area contributed by atoms with E-state index in [-0.39, 0.29) is 34.7 Å². The molecule has 2 aromatic rings. The zero-order chi connectivity index (χ0) is 24.8. The van der Waals surface area contributed by atoms with Crippen LogP contribution in [0.4, 0.5) is 0 Å². The smallest absolute Gasteiger partial charge is 0.345 e. The van der Waals surface area contributed by atoms with Gasteiger partial charge >= 0.3 is 5.63 Å². The predicted molar refractivity (Wildman–Crippen MR) is 125 cm³/mol. The van der Waals surface area contributed by atoms with Gasteiger partial charge in [0.15, 0.2) is 0 Å². The Balaban J connectivity index is 0.00000133. The Kier molecular flexibility index (Phi) is 6.63. The summed E-state index contributed by atoms with van der Waals surface area (Å²) < 4.78 is 17.7. The summed E-state index contributed by atoms with van der Waals surface area (Å²) in [6.45, 7) is 6.18. The molecule has 8 nitrogen and oxygen atoms in total. The Morgan fingerprint density at radius 2 is 1.97 bits per heavy atom. The van der Waals surface area contributed by atoms with Crippen LogP contribution in [0.1, 0.15) is 51.7 Å². The third-order valence-electron chi connectivity index (χ3n) is 8.64. The minimum atomic E-state index is -1.10. The van der Waals surface area contributed by atoms with Gasteiger partial charge < -0.3 is 29.2 Å². The van der Waals surface area contributed by atoms with Crippen LogP contribution in [0.15, 0.2) is 39.8 Å². The van der Waals surface area contributed by atoms with Gasteiger partial charge in [0, 0.05) is 44.2 Å². The van der Waals surface area contributed by atoms with Crippen LogP contribution in [-0.2, 0) is 4.74 Å². The van der Waals surface area contributed by atoms with E-state index in [0.29, 0.717) is 17.7 Å². The molecule has 2 fully saturated rings. The lowest BCUT2D eigenvalue weighted by atomic mass is 9.46. The van der Waals surface area contributed by atoms with E-state index in [9.17, 15) is 15.0 Å². The minimum absolute atomic E-state index is 0.116. The van der Waals surface area contributed by atoms with Crippen molar-refractivity contribution in [1.82, 2.24) is 4.98 Å². The SMILES string of the molecule is CO.COC1CCC2(C)C(CC(O)C3(C)Oc4cc(-c5cccnc5)oc(=O)c4C(O)C23)C1C. The summed E-state index contributed by atoms with van der Waals surface area (Å²) in [7, 11) is 2.73. The molecule has 8 heteroatoms. The average molecular weight is 474 g/mol. The monoisotopic (exact) mass is 473 g/mol. The van der Waals surface area contributed by atoms with Crippen molar-refractivity contribution in [3.8, 4) is 17.1 Å². The first-order valence-electron chi connectivity index (χ1n) is 11.8. The lowest BCUT2D eigenvalue weighted by Gasteiger charge is -2.63. The topological polar surface area (TPSA) is 122 Å². The van der Waals surface area contributed by atoms with E-state index in [2.05, 4.69) is 18.8 Å². The first kappa shape index (κ1) is 24.9. The third kappa shape index (κ3) is 3.59. The van der Waals surface area contributed by atoms with Gasteiger partial charge in [0.25, 0.3) is 0 Å². The number of pyridine rings is 1. The van der Waals surface area contributed by atoms with Gasteiger partial charge in [-0.15, -0.1) is 0 Å². The van der Waals surface area contributed by atoms with Crippen LogP contribution >= 0.6 is 0 Å². The molecule has 2 aromatic heterocycles. The number of nitrogens with zero attached hydrogens (tertiary/aromatic N) is 1. The van der Waals surface area contributed by atoms with Crippen molar-refractivity contribution in [1.29, 1.82) is 0 Å². The number of methoxy groups -OCH3 is 1. The Morgan fingerprint density at radius 1 is 1.24 bits per heavy atom. The van der Waals surface area contributed by atoms with E-state index in [1.54, 1.807) is 37.7 Å². The van der Waals surface area contributed by atoms with Gasteiger partial charge in [0.1, 0.15) is 22.7 Å². The van der Waals surface area contributed by atoms with Crippen molar-refractivity contribution in [2.75, 3.05) is 14.2 Å². The van der Waals surface area contributed by atoms with E-state index >= 15 is 0 Å². The summed E-state index contributed by atoms with van der Waals surface area (Å²) in [6.07, 6.45) is 3.71. The highest BCUT2D eigenvalue weighted by Gasteiger charge is 2.66. The van der Waals surface area contributed by atoms with Gasteiger partial charge in [0.2, 0.25) is 0 Å². The Bertz CT molecular complexity index is 1070. The molecule has 3 heterocycles. The fraction of sp³-hybridized carbons (Fsp3) is 0.615. The van der Waals surface area contributed by atoms with Gasteiger partial charge in [-0.2, -0.15) is 0 Å². The number of aromatic nitrogens is 1.